The second-order valence-electron chi connectivity index (χ2n) is 3.01. The van der Waals surface area contributed by atoms with E-state index >= 15 is 0 Å². The summed E-state index contributed by atoms with van der Waals surface area (Å²) >= 11 is 1.24. The van der Waals surface area contributed by atoms with E-state index in [0.29, 0.717) is 17.2 Å². The molecule has 0 radical (unpaired) electrons. The predicted octanol–water partition coefficient (Wildman–Crippen LogP) is 0.551. The Morgan fingerprint density at radius 1 is 1.50 bits per heavy atom. The third-order valence-electron chi connectivity index (χ3n) is 1.82. The van der Waals surface area contributed by atoms with Crippen LogP contribution < -0.4 is 10.5 Å². The summed E-state index contributed by atoms with van der Waals surface area (Å²) in [4.78, 5) is 0.976. The minimum Gasteiger partial charge on any atom is -0.330 e. The molecule has 0 bridgehead atoms. The lowest BCUT2D eigenvalue weighted by atomic mass is 10.3. The fourth-order valence-corrected chi connectivity index (χ4v) is 3.41. The van der Waals surface area contributed by atoms with Crippen LogP contribution in [0.15, 0.2) is 16.3 Å². The van der Waals surface area contributed by atoms with Crippen molar-refractivity contribution in [1.29, 1.82) is 0 Å². The van der Waals surface area contributed by atoms with Crippen LogP contribution in [0.4, 0.5) is 0 Å². The molecule has 3 N–H and O–H groups in total. The highest BCUT2D eigenvalue weighted by Gasteiger charge is 2.15. The second-order valence-corrected chi connectivity index (χ2v) is 6.17. The standard InChI is InChI=1S/C10H14N2O2S2/c1-2-3-8-12-16(13,14)10-5-4-9(15-10)6-7-11/h4-5,12H,6-8,11H2,1H3. The number of sulfonamides is 1. The molecule has 6 heteroatoms. The van der Waals surface area contributed by atoms with Crippen molar-refractivity contribution in [1.82, 2.24) is 4.72 Å². The molecule has 4 nitrogen and oxygen atoms in total. The summed E-state index contributed by atoms with van der Waals surface area (Å²) in [5, 5.41) is 0. The van der Waals surface area contributed by atoms with E-state index in [1.54, 1.807) is 19.1 Å². The molecule has 1 rings (SSSR count). The lowest BCUT2D eigenvalue weighted by Crippen LogP contribution is -2.23. The minimum atomic E-state index is -3.40. The van der Waals surface area contributed by atoms with Crippen LogP contribution in [-0.4, -0.2) is 21.5 Å². The van der Waals surface area contributed by atoms with Crippen molar-refractivity contribution in [2.24, 2.45) is 5.73 Å². The van der Waals surface area contributed by atoms with Gasteiger partial charge in [-0.25, -0.2) is 8.42 Å². The lowest BCUT2D eigenvalue weighted by molar-refractivity contribution is 0.588. The molecule has 0 atom stereocenters. The van der Waals surface area contributed by atoms with Crippen molar-refractivity contribution in [3.8, 4) is 11.8 Å². The van der Waals surface area contributed by atoms with Crippen LogP contribution in [0.3, 0.4) is 0 Å². The SMILES string of the molecule is CC#CCNS(=O)(=O)c1ccc(CCN)s1. The number of hydrogen-bond donors (Lipinski definition) is 2. The Kier molecular flexibility index (Phi) is 4.96. The fourth-order valence-electron chi connectivity index (χ4n) is 1.07. The Morgan fingerprint density at radius 2 is 2.25 bits per heavy atom. The zero-order chi connectivity index (χ0) is 12.0. The zero-order valence-electron chi connectivity index (χ0n) is 8.99. The summed E-state index contributed by atoms with van der Waals surface area (Å²) < 4.78 is 26.2. The fraction of sp³-hybridized carbons (Fsp3) is 0.400. The average Bonchev–Trinajstić information content (AvgIpc) is 2.68. The molecular weight excluding hydrogens is 244 g/mol. The van der Waals surface area contributed by atoms with Crippen LogP contribution in [-0.2, 0) is 16.4 Å². The van der Waals surface area contributed by atoms with Crippen molar-refractivity contribution < 1.29 is 8.42 Å². The summed E-state index contributed by atoms with van der Waals surface area (Å²) in [7, 11) is -3.40. The van der Waals surface area contributed by atoms with Crippen molar-refractivity contribution >= 4 is 21.4 Å². The van der Waals surface area contributed by atoms with Gasteiger partial charge in [0.1, 0.15) is 4.21 Å². The van der Waals surface area contributed by atoms with E-state index in [1.165, 1.54) is 11.3 Å². The summed E-state index contributed by atoms with van der Waals surface area (Å²) in [5.41, 5.74) is 5.40. The van der Waals surface area contributed by atoms with Crippen LogP contribution in [0, 0.1) is 11.8 Å². The van der Waals surface area contributed by atoms with Gasteiger partial charge in [-0.3, -0.25) is 0 Å². The van der Waals surface area contributed by atoms with Crippen LogP contribution >= 0.6 is 11.3 Å². The quantitative estimate of drug-likeness (QED) is 0.758. The molecule has 0 saturated carbocycles. The molecule has 0 aliphatic rings. The smallest absolute Gasteiger partial charge is 0.250 e. The van der Waals surface area contributed by atoms with Gasteiger partial charge in [0.05, 0.1) is 6.54 Å². The number of hydrogen-bond acceptors (Lipinski definition) is 4. The highest BCUT2D eigenvalue weighted by atomic mass is 32.2. The van der Waals surface area contributed by atoms with Crippen molar-refractivity contribution in [3.05, 3.63) is 17.0 Å². The molecule has 0 aliphatic carbocycles. The Balaban J connectivity index is 2.76. The highest BCUT2D eigenvalue weighted by molar-refractivity contribution is 7.91. The van der Waals surface area contributed by atoms with Gasteiger partial charge in [-0.1, -0.05) is 5.92 Å². The number of nitrogens with one attached hydrogen (secondary N) is 1. The average molecular weight is 258 g/mol. The molecule has 0 aliphatic heterocycles. The highest BCUT2D eigenvalue weighted by Crippen LogP contribution is 2.21. The molecule has 0 amide bonds. The molecule has 0 saturated heterocycles. The first-order valence-electron chi connectivity index (χ1n) is 4.78. The normalized spacial score (nSPS) is 10.9. The Bertz CT molecular complexity index is 494. The monoisotopic (exact) mass is 258 g/mol. The summed E-state index contributed by atoms with van der Waals surface area (Å²) in [6.07, 6.45) is 0.703. The van der Waals surface area contributed by atoms with Crippen LogP contribution in [0.1, 0.15) is 11.8 Å². The van der Waals surface area contributed by atoms with Gasteiger partial charge in [-0.05, 0) is 32.0 Å². The van der Waals surface area contributed by atoms with E-state index in [2.05, 4.69) is 16.6 Å². The number of thiophene rings is 1. The van der Waals surface area contributed by atoms with E-state index in [9.17, 15) is 8.42 Å². The third-order valence-corrected chi connectivity index (χ3v) is 4.86. The van der Waals surface area contributed by atoms with E-state index < -0.39 is 10.0 Å². The molecule has 88 valence electrons. The van der Waals surface area contributed by atoms with Gasteiger partial charge in [0.25, 0.3) is 10.0 Å². The molecule has 16 heavy (non-hydrogen) atoms. The van der Waals surface area contributed by atoms with E-state index in [-0.39, 0.29) is 6.54 Å². The van der Waals surface area contributed by atoms with Crippen LogP contribution in [0.25, 0.3) is 0 Å². The molecule has 1 heterocycles. The minimum absolute atomic E-state index is 0.142. The maximum absolute atomic E-state index is 11.7. The Morgan fingerprint density at radius 3 is 2.88 bits per heavy atom. The Hall–Kier alpha value is -0.870. The van der Waals surface area contributed by atoms with E-state index in [1.807, 2.05) is 0 Å². The molecule has 0 aromatic carbocycles. The van der Waals surface area contributed by atoms with E-state index in [4.69, 9.17) is 5.73 Å². The first-order valence-corrected chi connectivity index (χ1v) is 7.08. The van der Waals surface area contributed by atoms with Gasteiger partial charge in [0.15, 0.2) is 0 Å². The maximum Gasteiger partial charge on any atom is 0.250 e. The number of rotatable bonds is 5. The predicted molar refractivity (Wildman–Crippen MR) is 65.7 cm³/mol. The molecule has 0 fully saturated rings. The topological polar surface area (TPSA) is 72.2 Å². The lowest BCUT2D eigenvalue weighted by Gasteiger charge is -1.99. The third kappa shape index (κ3) is 3.61. The summed E-state index contributed by atoms with van der Waals surface area (Å²) in [5.74, 6) is 5.28. The van der Waals surface area contributed by atoms with Gasteiger partial charge in [-0.2, -0.15) is 4.72 Å². The van der Waals surface area contributed by atoms with Gasteiger partial charge >= 0.3 is 0 Å². The van der Waals surface area contributed by atoms with Crippen molar-refractivity contribution in [2.75, 3.05) is 13.1 Å². The van der Waals surface area contributed by atoms with Crippen LogP contribution in [0.5, 0.6) is 0 Å². The van der Waals surface area contributed by atoms with E-state index in [0.717, 1.165) is 4.88 Å². The molecule has 0 unspecified atom stereocenters. The molecular formula is C10H14N2O2S2. The molecule has 1 aromatic heterocycles. The second kappa shape index (κ2) is 6.01. The maximum atomic E-state index is 11.7. The van der Waals surface area contributed by atoms with Gasteiger partial charge in [-0.15, -0.1) is 17.3 Å². The van der Waals surface area contributed by atoms with Gasteiger partial charge in [0, 0.05) is 4.88 Å². The van der Waals surface area contributed by atoms with Crippen molar-refractivity contribution in [3.63, 3.8) is 0 Å². The molecule has 0 spiro atoms. The van der Waals surface area contributed by atoms with Gasteiger partial charge in [0.2, 0.25) is 0 Å². The number of nitrogens with two attached hydrogens (primary N) is 1. The van der Waals surface area contributed by atoms with Crippen molar-refractivity contribution in [2.45, 2.75) is 17.6 Å². The zero-order valence-corrected chi connectivity index (χ0v) is 10.6. The largest absolute Gasteiger partial charge is 0.330 e. The Labute approximate surface area is 99.9 Å². The summed E-state index contributed by atoms with van der Waals surface area (Å²) in [6, 6.07) is 3.38. The molecule has 1 aromatic rings. The first-order chi connectivity index (χ1) is 7.60. The van der Waals surface area contributed by atoms with Gasteiger partial charge < -0.3 is 5.73 Å². The van der Waals surface area contributed by atoms with Crippen LogP contribution in [0.2, 0.25) is 0 Å². The first kappa shape index (κ1) is 13.2. The summed E-state index contributed by atoms with van der Waals surface area (Å²) in [6.45, 7) is 2.33.